The number of hydrogen-bond donors (Lipinski definition) is 0. The Morgan fingerprint density at radius 2 is 1.52 bits per heavy atom. The summed E-state index contributed by atoms with van der Waals surface area (Å²) >= 11 is 0. The van der Waals surface area contributed by atoms with Gasteiger partial charge >= 0.3 is 0 Å². The van der Waals surface area contributed by atoms with E-state index in [-0.39, 0.29) is 0 Å². The van der Waals surface area contributed by atoms with Gasteiger partial charge in [0.25, 0.3) is 0 Å². The van der Waals surface area contributed by atoms with Crippen molar-refractivity contribution in [2.24, 2.45) is 23.7 Å². The van der Waals surface area contributed by atoms with E-state index in [2.05, 4.69) is 30.9 Å². The summed E-state index contributed by atoms with van der Waals surface area (Å²) < 4.78 is 5.47. The minimum atomic E-state index is 0.704. The Labute approximate surface area is 166 Å². The second kappa shape index (κ2) is 10.6. The monoisotopic (exact) mass is 364 g/mol. The minimum Gasteiger partial charge on any atom is -0.494 e. The fraction of sp³-hybridized carbons (Fsp3) is 0.615. The van der Waals surface area contributed by atoms with Crippen LogP contribution in [0.2, 0.25) is 0 Å². The first kappa shape index (κ1) is 20.1. The Hall–Kier alpha value is -1.68. The molecule has 0 aromatic heterocycles. The number of allylic oxidation sites excluding steroid dienone is 2. The van der Waals surface area contributed by atoms with Gasteiger partial charge in [0, 0.05) is 5.56 Å². The summed E-state index contributed by atoms with van der Waals surface area (Å²) in [6, 6.07) is 8.05. The maximum atomic E-state index is 5.47. The van der Waals surface area contributed by atoms with Gasteiger partial charge in [-0.25, -0.2) is 0 Å². The average Bonchev–Trinajstić information content (AvgIpc) is 2.73. The van der Waals surface area contributed by atoms with Gasteiger partial charge in [0.2, 0.25) is 0 Å². The molecule has 0 spiro atoms. The summed E-state index contributed by atoms with van der Waals surface area (Å²) in [4.78, 5) is 0. The maximum absolute atomic E-state index is 5.47. The molecule has 2 aliphatic carbocycles. The molecule has 1 nitrogen and oxygen atoms in total. The van der Waals surface area contributed by atoms with E-state index in [0.717, 1.165) is 35.0 Å². The average molecular weight is 365 g/mol. The number of benzene rings is 1. The molecule has 2 fully saturated rings. The second-order valence-corrected chi connectivity index (χ2v) is 8.45. The molecule has 0 atom stereocenters. The van der Waals surface area contributed by atoms with E-state index < -0.39 is 0 Å². The first-order chi connectivity index (χ1) is 13.3. The summed E-state index contributed by atoms with van der Waals surface area (Å²) in [6.07, 6.45) is 17.4. The van der Waals surface area contributed by atoms with Crippen LogP contribution in [0, 0.1) is 35.5 Å². The fourth-order valence-electron chi connectivity index (χ4n) is 4.99. The topological polar surface area (TPSA) is 9.23 Å². The van der Waals surface area contributed by atoms with Crippen molar-refractivity contribution in [3.8, 4) is 17.6 Å². The van der Waals surface area contributed by atoms with E-state index in [9.17, 15) is 0 Å². The summed E-state index contributed by atoms with van der Waals surface area (Å²) in [5.74, 6) is 11.2. The van der Waals surface area contributed by atoms with Crippen molar-refractivity contribution in [2.75, 3.05) is 6.61 Å². The molecule has 0 amide bonds. The van der Waals surface area contributed by atoms with Gasteiger partial charge in [0.1, 0.15) is 5.75 Å². The molecule has 0 radical (unpaired) electrons. The third-order valence-electron chi connectivity index (χ3n) is 6.79. The Morgan fingerprint density at radius 3 is 2.11 bits per heavy atom. The lowest BCUT2D eigenvalue weighted by Crippen LogP contribution is -2.25. The van der Waals surface area contributed by atoms with Gasteiger partial charge in [-0.2, -0.15) is 0 Å². The molecular formula is C26H36O. The second-order valence-electron chi connectivity index (χ2n) is 8.45. The van der Waals surface area contributed by atoms with Crippen LogP contribution in [-0.2, 0) is 0 Å². The van der Waals surface area contributed by atoms with Crippen molar-refractivity contribution < 1.29 is 4.74 Å². The standard InChI is InChI=1S/C26H36O/c1-3-21-9-15-24(16-10-21)25-17-11-22(12-18-25)7-5-6-8-23-13-19-26(20-14-23)27-4-2/h5,7,13-14,19-22,24-25H,3-4,9-12,15-18H2,1-2H3/b7-5+/t21-,22?,24-,25?. The highest BCUT2D eigenvalue weighted by Crippen LogP contribution is 2.42. The van der Waals surface area contributed by atoms with Gasteiger partial charge in [0.15, 0.2) is 0 Å². The molecule has 0 aliphatic heterocycles. The van der Waals surface area contributed by atoms with Crippen molar-refractivity contribution in [3.05, 3.63) is 42.0 Å². The van der Waals surface area contributed by atoms with Gasteiger partial charge in [-0.1, -0.05) is 44.1 Å². The van der Waals surface area contributed by atoms with Crippen LogP contribution in [0.1, 0.15) is 77.2 Å². The van der Waals surface area contributed by atoms with E-state index in [4.69, 9.17) is 4.74 Å². The van der Waals surface area contributed by atoms with Crippen LogP contribution in [0.5, 0.6) is 5.75 Å². The number of rotatable bonds is 5. The molecule has 0 saturated heterocycles. The molecule has 0 unspecified atom stereocenters. The predicted octanol–water partition coefficient (Wildman–Crippen LogP) is 7.02. The summed E-state index contributed by atoms with van der Waals surface area (Å²) in [5, 5.41) is 0. The van der Waals surface area contributed by atoms with Crippen molar-refractivity contribution in [3.63, 3.8) is 0 Å². The Bertz CT molecular complexity index is 629. The first-order valence-corrected chi connectivity index (χ1v) is 11.2. The molecule has 0 bridgehead atoms. The van der Waals surface area contributed by atoms with Crippen LogP contribution in [0.4, 0.5) is 0 Å². The number of ether oxygens (including phenoxy) is 1. The lowest BCUT2D eigenvalue weighted by atomic mass is 9.69. The molecule has 2 aliphatic rings. The van der Waals surface area contributed by atoms with E-state index in [1.165, 1.54) is 57.8 Å². The summed E-state index contributed by atoms with van der Waals surface area (Å²) in [7, 11) is 0. The van der Waals surface area contributed by atoms with E-state index in [1.54, 1.807) is 0 Å². The van der Waals surface area contributed by atoms with Gasteiger partial charge in [-0.05, 0) is 99.5 Å². The highest BCUT2D eigenvalue weighted by atomic mass is 16.5. The van der Waals surface area contributed by atoms with Crippen LogP contribution in [-0.4, -0.2) is 6.61 Å². The molecule has 27 heavy (non-hydrogen) atoms. The zero-order valence-electron chi connectivity index (χ0n) is 17.3. The van der Waals surface area contributed by atoms with Crippen LogP contribution >= 0.6 is 0 Å². The lowest BCUT2D eigenvalue weighted by molar-refractivity contribution is 0.154. The van der Waals surface area contributed by atoms with Crippen molar-refractivity contribution >= 4 is 0 Å². The van der Waals surface area contributed by atoms with Crippen molar-refractivity contribution in [2.45, 2.75) is 71.6 Å². The quantitative estimate of drug-likeness (QED) is 0.510. The van der Waals surface area contributed by atoms with Gasteiger partial charge < -0.3 is 4.74 Å². The van der Waals surface area contributed by atoms with Crippen LogP contribution in [0.3, 0.4) is 0 Å². The minimum absolute atomic E-state index is 0.704. The molecule has 1 aromatic carbocycles. The van der Waals surface area contributed by atoms with Crippen LogP contribution in [0.25, 0.3) is 0 Å². The molecule has 0 heterocycles. The van der Waals surface area contributed by atoms with E-state index in [0.29, 0.717) is 6.61 Å². The molecule has 1 aromatic rings. The zero-order chi connectivity index (χ0) is 18.9. The van der Waals surface area contributed by atoms with E-state index >= 15 is 0 Å². The van der Waals surface area contributed by atoms with Gasteiger partial charge in [0.05, 0.1) is 6.61 Å². The zero-order valence-corrected chi connectivity index (χ0v) is 17.3. The summed E-state index contributed by atoms with van der Waals surface area (Å²) in [6.45, 7) is 5.07. The molecule has 146 valence electrons. The highest BCUT2D eigenvalue weighted by Gasteiger charge is 2.29. The van der Waals surface area contributed by atoms with E-state index in [1.807, 2.05) is 31.2 Å². The lowest BCUT2D eigenvalue weighted by Gasteiger charge is -2.37. The smallest absolute Gasteiger partial charge is 0.119 e. The molecule has 0 N–H and O–H groups in total. The van der Waals surface area contributed by atoms with Crippen molar-refractivity contribution in [1.82, 2.24) is 0 Å². The normalized spacial score (nSPS) is 28.5. The van der Waals surface area contributed by atoms with Crippen molar-refractivity contribution in [1.29, 1.82) is 0 Å². The third-order valence-corrected chi connectivity index (χ3v) is 6.79. The molecular weight excluding hydrogens is 328 g/mol. The SMILES string of the molecule is CCOc1ccc(C#C/C=C/C2CCC([C@H]3CC[C@H](CC)CC3)CC2)cc1. The fourth-order valence-corrected chi connectivity index (χ4v) is 4.99. The Morgan fingerprint density at radius 1 is 0.889 bits per heavy atom. The molecule has 2 saturated carbocycles. The first-order valence-electron chi connectivity index (χ1n) is 11.2. The Balaban J connectivity index is 1.40. The predicted molar refractivity (Wildman–Crippen MR) is 115 cm³/mol. The number of hydrogen-bond acceptors (Lipinski definition) is 1. The van der Waals surface area contributed by atoms with Crippen LogP contribution in [0.15, 0.2) is 36.4 Å². The molecule has 1 heteroatoms. The Kier molecular flexibility index (Phi) is 7.88. The third kappa shape index (κ3) is 6.17. The van der Waals surface area contributed by atoms with Gasteiger partial charge in [-0.15, -0.1) is 0 Å². The van der Waals surface area contributed by atoms with Gasteiger partial charge in [-0.3, -0.25) is 0 Å². The van der Waals surface area contributed by atoms with Crippen LogP contribution < -0.4 is 4.74 Å². The largest absolute Gasteiger partial charge is 0.494 e. The highest BCUT2D eigenvalue weighted by molar-refractivity contribution is 5.40. The summed E-state index contributed by atoms with van der Waals surface area (Å²) in [5.41, 5.74) is 1.05. The molecule has 3 rings (SSSR count). The maximum Gasteiger partial charge on any atom is 0.119 e.